The second-order valence-electron chi connectivity index (χ2n) is 4.94. The lowest BCUT2D eigenvalue weighted by Gasteiger charge is -2.34. The molecule has 122 valence electrons. The Hall–Kier alpha value is -1.27. The molecule has 0 spiro atoms. The van der Waals surface area contributed by atoms with Crippen molar-refractivity contribution in [2.45, 2.75) is 19.4 Å². The summed E-state index contributed by atoms with van der Waals surface area (Å²) >= 11 is 0. The summed E-state index contributed by atoms with van der Waals surface area (Å²) in [6.07, 6.45) is 9.83. The molecule has 22 heavy (non-hydrogen) atoms. The minimum Gasteiger partial charge on any atom is -0.370 e. The number of halogens is 1. The van der Waals surface area contributed by atoms with E-state index in [0.29, 0.717) is 19.6 Å². The van der Waals surface area contributed by atoms with Gasteiger partial charge in [0.15, 0.2) is 5.96 Å². The summed E-state index contributed by atoms with van der Waals surface area (Å²) in [6, 6.07) is 0. The van der Waals surface area contributed by atoms with Crippen LogP contribution in [-0.4, -0.2) is 53.4 Å². The molecule has 1 saturated heterocycles. The number of aryl methyl sites for hydroxylation is 1. The van der Waals surface area contributed by atoms with Gasteiger partial charge in [-0.05, 0) is 6.92 Å². The van der Waals surface area contributed by atoms with E-state index in [1.807, 2.05) is 19.4 Å². The van der Waals surface area contributed by atoms with Crippen molar-refractivity contribution in [2.75, 3.05) is 32.8 Å². The molecule has 1 atom stereocenters. The maximum absolute atomic E-state index is 5.85. The first-order valence-electron chi connectivity index (χ1n) is 7.31. The first-order chi connectivity index (χ1) is 10.2. The average Bonchev–Trinajstić information content (AvgIpc) is 2.93. The Morgan fingerprint density at radius 3 is 3.09 bits per heavy atom. The molecule has 0 amide bonds. The normalized spacial score (nSPS) is 18.5. The highest BCUT2D eigenvalue weighted by molar-refractivity contribution is 14.0. The predicted octanol–water partition coefficient (Wildman–Crippen LogP) is 1.40. The Balaban J connectivity index is 0.00000242. The average molecular weight is 417 g/mol. The molecule has 1 aliphatic rings. The third-order valence-corrected chi connectivity index (χ3v) is 3.32. The number of hydrogen-bond acceptors (Lipinski definition) is 3. The van der Waals surface area contributed by atoms with Crippen LogP contribution in [0.3, 0.4) is 0 Å². The summed E-state index contributed by atoms with van der Waals surface area (Å²) in [6.45, 7) is 5.83. The number of terminal acetylenes is 1. The highest BCUT2D eigenvalue weighted by atomic mass is 127. The third kappa shape index (κ3) is 5.18. The van der Waals surface area contributed by atoms with Gasteiger partial charge in [-0.25, -0.2) is 0 Å². The number of morpholine rings is 1. The Morgan fingerprint density at radius 2 is 2.45 bits per heavy atom. The lowest BCUT2D eigenvalue weighted by molar-refractivity contribution is -0.00803. The van der Waals surface area contributed by atoms with Crippen molar-refractivity contribution in [3.63, 3.8) is 0 Å². The number of aliphatic imine (C=N–C) groups is 1. The van der Waals surface area contributed by atoms with Crippen LogP contribution >= 0.6 is 24.0 Å². The van der Waals surface area contributed by atoms with Gasteiger partial charge in [0.2, 0.25) is 0 Å². The van der Waals surface area contributed by atoms with Crippen LogP contribution in [0.25, 0.3) is 0 Å². The quantitative estimate of drug-likeness (QED) is 0.265. The number of nitrogens with zero attached hydrogens (tertiary/aromatic N) is 4. The van der Waals surface area contributed by atoms with Crippen molar-refractivity contribution < 1.29 is 4.74 Å². The monoisotopic (exact) mass is 417 g/mol. The second kappa shape index (κ2) is 9.69. The number of rotatable bonds is 4. The van der Waals surface area contributed by atoms with Gasteiger partial charge in [0.25, 0.3) is 0 Å². The van der Waals surface area contributed by atoms with Gasteiger partial charge >= 0.3 is 0 Å². The summed E-state index contributed by atoms with van der Waals surface area (Å²) in [5.74, 6) is 3.52. The Kier molecular flexibility index (Phi) is 8.27. The molecule has 1 unspecified atom stereocenters. The standard InChI is InChI=1S/C15H23N5O.HI/c1-4-6-7-17-15(16-5-2)20-8-9-21-14(12-20)13-10-18-19(3)11-13;/h1,10-11,14H,5-9,12H2,2-3H3,(H,16,17);1H. The summed E-state index contributed by atoms with van der Waals surface area (Å²) in [7, 11) is 1.91. The molecule has 2 heterocycles. The van der Waals surface area contributed by atoms with Gasteiger partial charge in [0.05, 0.1) is 25.9 Å². The summed E-state index contributed by atoms with van der Waals surface area (Å²) < 4.78 is 7.65. The van der Waals surface area contributed by atoms with Gasteiger partial charge in [-0.15, -0.1) is 36.3 Å². The van der Waals surface area contributed by atoms with E-state index in [0.717, 1.165) is 31.2 Å². The minimum absolute atomic E-state index is 0. The zero-order chi connectivity index (χ0) is 15.1. The summed E-state index contributed by atoms with van der Waals surface area (Å²) in [4.78, 5) is 6.80. The van der Waals surface area contributed by atoms with Gasteiger partial charge in [-0.2, -0.15) is 5.10 Å². The first kappa shape index (κ1) is 18.8. The topological polar surface area (TPSA) is 54.7 Å². The molecular weight excluding hydrogens is 393 g/mol. The molecular formula is C15H24IN5O. The van der Waals surface area contributed by atoms with E-state index in [1.54, 1.807) is 4.68 Å². The lowest BCUT2D eigenvalue weighted by Crippen LogP contribution is -2.48. The van der Waals surface area contributed by atoms with E-state index in [2.05, 4.69) is 33.2 Å². The maximum Gasteiger partial charge on any atom is 0.194 e. The minimum atomic E-state index is 0. The zero-order valence-electron chi connectivity index (χ0n) is 13.2. The molecule has 1 aromatic heterocycles. The first-order valence-corrected chi connectivity index (χ1v) is 7.31. The Labute approximate surface area is 149 Å². The van der Waals surface area contributed by atoms with Gasteiger partial charge in [0.1, 0.15) is 6.10 Å². The Bertz CT molecular complexity index is 522. The van der Waals surface area contributed by atoms with Crippen LogP contribution in [0.5, 0.6) is 0 Å². The van der Waals surface area contributed by atoms with Crippen LogP contribution in [0.4, 0.5) is 0 Å². The third-order valence-electron chi connectivity index (χ3n) is 3.32. The smallest absolute Gasteiger partial charge is 0.194 e. The van der Waals surface area contributed by atoms with Gasteiger partial charge in [0, 0.05) is 38.3 Å². The van der Waals surface area contributed by atoms with Crippen LogP contribution in [0.1, 0.15) is 25.0 Å². The van der Waals surface area contributed by atoms with Crippen LogP contribution in [-0.2, 0) is 11.8 Å². The number of ether oxygens (including phenoxy) is 1. The molecule has 2 rings (SSSR count). The van der Waals surface area contributed by atoms with Crippen molar-refractivity contribution in [3.8, 4) is 12.3 Å². The van der Waals surface area contributed by atoms with Crippen molar-refractivity contribution in [2.24, 2.45) is 12.0 Å². The molecule has 0 bridgehead atoms. The van der Waals surface area contributed by atoms with Crippen molar-refractivity contribution in [1.29, 1.82) is 0 Å². The van der Waals surface area contributed by atoms with E-state index >= 15 is 0 Å². The van der Waals surface area contributed by atoms with E-state index in [-0.39, 0.29) is 30.1 Å². The van der Waals surface area contributed by atoms with E-state index in [1.165, 1.54) is 0 Å². The highest BCUT2D eigenvalue weighted by Gasteiger charge is 2.24. The predicted molar refractivity (Wildman–Crippen MR) is 98.3 cm³/mol. The fourth-order valence-corrected chi connectivity index (χ4v) is 2.30. The van der Waals surface area contributed by atoms with Crippen molar-refractivity contribution >= 4 is 29.9 Å². The Morgan fingerprint density at radius 1 is 1.64 bits per heavy atom. The fourth-order valence-electron chi connectivity index (χ4n) is 2.30. The molecule has 1 N–H and O–H groups in total. The van der Waals surface area contributed by atoms with E-state index in [9.17, 15) is 0 Å². The second-order valence-corrected chi connectivity index (χ2v) is 4.94. The molecule has 0 aliphatic carbocycles. The van der Waals surface area contributed by atoms with Gasteiger partial charge in [-0.1, -0.05) is 0 Å². The molecule has 0 radical (unpaired) electrons. The van der Waals surface area contributed by atoms with Crippen LogP contribution in [0, 0.1) is 12.3 Å². The number of nitrogens with one attached hydrogen (secondary N) is 1. The number of hydrogen-bond donors (Lipinski definition) is 1. The molecule has 0 saturated carbocycles. The van der Waals surface area contributed by atoms with E-state index < -0.39 is 0 Å². The highest BCUT2D eigenvalue weighted by Crippen LogP contribution is 2.21. The van der Waals surface area contributed by atoms with Gasteiger partial charge < -0.3 is 15.0 Å². The van der Waals surface area contributed by atoms with Crippen LogP contribution in [0.2, 0.25) is 0 Å². The van der Waals surface area contributed by atoms with Gasteiger partial charge in [-0.3, -0.25) is 9.67 Å². The van der Waals surface area contributed by atoms with Crippen LogP contribution in [0.15, 0.2) is 17.4 Å². The molecule has 1 fully saturated rings. The van der Waals surface area contributed by atoms with Crippen LogP contribution < -0.4 is 5.32 Å². The summed E-state index contributed by atoms with van der Waals surface area (Å²) in [5, 5.41) is 7.53. The van der Waals surface area contributed by atoms with Crippen molar-refractivity contribution in [1.82, 2.24) is 20.0 Å². The number of aromatic nitrogens is 2. The maximum atomic E-state index is 5.85. The number of guanidine groups is 1. The largest absolute Gasteiger partial charge is 0.370 e. The summed E-state index contributed by atoms with van der Waals surface area (Å²) in [5.41, 5.74) is 1.10. The van der Waals surface area contributed by atoms with E-state index in [4.69, 9.17) is 11.2 Å². The molecule has 6 nitrogen and oxygen atoms in total. The molecule has 1 aliphatic heterocycles. The SMILES string of the molecule is C#CCCN=C(NCC)N1CCOC(c2cnn(C)c2)C1.I. The molecule has 7 heteroatoms. The fraction of sp³-hybridized carbons (Fsp3) is 0.600. The molecule has 1 aromatic rings. The van der Waals surface area contributed by atoms with Crippen molar-refractivity contribution in [3.05, 3.63) is 18.0 Å². The zero-order valence-corrected chi connectivity index (χ0v) is 15.5. The lowest BCUT2D eigenvalue weighted by atomic mass is 10.1. The molecule has 0 aromatic carbocycles.